The molecule has 0 amide bonds. The summed E-state index contributed by atoms with van der Waals surface area (Å²) < 4.78 is 29.7. The van der Waals surface area contributed by atoms with Crippen molar-refractivity contribution < 1.29 is 17.9 Å². The second-order valence-corrected chi connectivity index (χ2v) is 5.81. The number of carbonyl (C=O) groups excluding carboxylic acids is 1. The number of benzene rings is 1. The Kier molecular flexibility index (Phi) is 3.11. The van der Waals surface area contributed by atoms with Gasteiger partial charge in [-0.2, -0.15) is 4.31 Å². The van der Waals surface area contributed by atoms with Gasteiger partial charge in [0.2, 0.25) is 10.0 Å². The molecule has 0 spiro atoms. The number of rotatable bonds is 3. The zero-order valence-corrected chi connectivity index (χ0v) is 10.5. The van der Waals surface area contributed by atoms with Gasteiger partial charge >= 0.3 is 5.97 Å². The maximum absolute atomic E-state index is 12.1. The predicted molar refractivity (Wildman–Crippen MR) is 61.1 cm³/mol. The summed E-state index contributed by atoms with van der Waals surface area (Å²) in [7, 11) is -2.48. The van der Waals surface area contributed by atoms with Crippen molar-refractivity contribution >= 4 is 27.6 Å². The molecule has 0 radical (unpaired) electrons. The Bertz CT molecular complexity index is 557. The number of ether oxygens (including phenoxy) is 1. The Morgan fingerprint density at radius 2 is 2.12 bits per heavy atom. The lowest BCUT2D eigenvalue weighted by Crippen LogP contribution is -2.20. The summed E-state index contributed by atoms with van der Waals surface area (Å²) in [6.45, 7) is 0.139. The highest BCUT2D eigenvalue weighted by atomic mass is 35.5. The van der Waals surface area contributed by atoms with Crippen LogP contribution in [-0.4, -0.2) is 38.4 Å². The van der Waals surface area contributed by atoms with E-state index in [1.165, 1.54) is 19.2 Å². The molecule has 1 aliphatic rings. The van der Waals surface area contributed by atoms with Crippen molar-refractivity contribution in [1.82, 2.24) is 4.31 Å². The largest absolute Gasteiger partial charge is 0.468 e. The van der Waals surface area contributed by atoms with E-state index in [0.29, 0.717) is 0 Å². The molecule has 0 N–H and O–H groups in total. The van der Waals surface area contributed by atoms with E-state index in [9.17, 15) is 13.2 Å². The normalized spacial score (nSPS) is 23.2. The lowest BCUT2D eigenvalue weighted by atomic mass is 10.4. The Morgan fingerprint density at radius 3 is 2.71 bits per heavy atom. The van der Waals surface area contributed by atoms with Gasteiger partial charge in [-0.05, 0) is 12.1 Å². The van der Waals surface area contributed by atoms with Crippen molar-refractivity contribution in [1.29, 1.82) is 0 Å². The van der Waals surface area contributed by atoms with E-state index in [4.69, 9.17) is 11.6 Å². The molecule has 2 atom stereocenters. The minimum atomic E-state index is -3.70. The molecule has 0 aliphatic carbocycles. The minimum Gasteiger partial charge on any atom is -0.468 e. The van der Waals surface area contributed by atoms with E-state index in [1.54, 1.807) is 12.1 Å². The maximum atomic E-state index is 12.1. The first kappa shape index (κ1) is 12.3. The molecule has 92 valence electrons. The Labute approximate surface area is 104 Å². The van der Waals surface area contributed by atoms with Gasteiger partial charge in [0.25, 0.3) is 0 Å². The molecular formula is C10H10ClNO4S. The zero-order chi connectivity index (χ0) is 12.6. The average molecular weight is 276 g/mol. The first-order valence-corrected chi connectivity index (χ1v) is 6.64. The molecule has 1 aromatic rings. The monoisotopic (exact) mass is 275 g/mol. The van der Waals surface area contributed by atoms with Crippen LogP contribution < -0.4 is 0 Å². The number of sulfonamides is 1. The first-order valence-electron chi connectivity index (χ1n) is 4.82. The number of methoxy groups -OCH3 is 1. The molecule has 1 unspecified atom stereocenters. The van der Waals surface area contributed by atoms with Gasteiger partial charge in [-0.25, -0.2) is 8.42 Å². The highest BCUT2D eigenvalue weighted by Crippen LogP contribution is 2.32. The van der Waals surface area contributed by atoms with E-state index < -0.39 is 22.0 Å². The average Bonchev–Trinajstić information content (AvgIpc) is 3.09. The summed E-state index contributed by atoms with van der Waals surface area (Å²) in [5.74, 6) is -0.555. The van der Waals surface area contributed by atoms with E-state index in [-0.39, 0.29) is 16.5 Å². The highest BCUT2D eigenvalue weighted by Gasteiger charge is 2.50. The molecule has 2 rings (SSSR count). The lowest BCUT2D eigenvalue weighted by Gasteiger charge is -2.07. The highest BCUT2D eigenvalue weighted by molar-refractivity contribution is 7.89. The van der Waals surface area contributed by atoms with Gasteiger partial charge in [-0.3, -0.25) is 4.79 Å². The number of hydrogen-bond donors (Lipinski definition) is 0. The van der Waals surface area contributed by atoms with Gasteiger partial charge in [-0.1, -0.05) is 23.7 Å². The van der Waals surface area contributed by atoms with Crippen molar-refractivity contribution in [2.45, 2.75) is 10.9 Å². The molecule has 1 aliphatic heterocycles. The van der Waals surface area contributed by atoms with E-state index >= 15 is 0 Å². The maximum Gasteiger partial charge on any atom is 0.325 e. The summed E-state index contributed by atoms with van der Waals surface area (Å²) in [4.78, 5) is 11.2. The molecule has 7 heteroatoms. The van der Waals surface area contributed by atoms with Crippen molar-refractivity contribution in [2.75, 3.05) is 13.7 Å². The molecule has 1 fully saturated rings. The van der Waals surface area contributed by atoms with Crippen LogP contribution in [0.25, 0.3) is 0 Å². The van der Waals surface area contributed by atoms with Crippen LogP contribution in [0.2, 0.25) is 5.02 Å². The number of carbonyl (C=O) groups is 1. The van der Waals surface area contributed by atoms with E-state index in [2.05, 4.69) is 4.74 Å². The third-order valence-electron chi connectivity index (χ3n) is 2.46. The standard InChI is InChI=1S/C10H10ClNO4S/c1-16-10(13)8-6-12(8)17(14,15)9-5-3-2-4-7(9)11/h2-5,8H,6H2,1H3/t8-,12?/m0/s1. The number of halogens is 1. The third-order valence-corrected chi connectivity index (χ3v) is 4.84. The fourth-order valence-corrected chi connectivity index (χ4v) is 3.50. The van der Waals surface area contributed by atoms with Gasteiger partial charge in [0.15, 0.2) is 0 Å². The SMILES string of the molecule is COC(=O)[C@@H]1CN1S(=O)(=O)c1ccccc1Cl. The molecule has 0 saturated carbocycles. The third kappa shape index (κ3) is 2.15. The Morgan fingerprint density at radius 1 is 1.47 bits per heavy atom. The van der Waals surface area contributed by atoms with Crippen molar-refractivity contribution in [2.24, 2.45) is 0 Å². The van der Waals surface area contributed by atoms with Gasteiger partial charge in [0, 0.05) is 6.54 Å². The second kappa shape index (κ2) is 4.29. The van der Waals surface area contributed by atoms with Crippen LogP contribution in [0.3, 0.4) is 0 Å². The van der Waals surface area contributed by atoms with Gasteiger partial charge in [0.05, 0.1) is 12.1 Å². The van der Waals surface area contributed by atoms with Gasteiger partial charge in [-0.15, -0.1) is 0 Å². The van der Waals surface area contributed by atoms with Gasteiger partial charge < -0.3 is 4.74 Å². The van der Waals surface area contributed by atoms with Crippen molar-refractivity contribution in [3.8, 4) is 0 Å². The summed E-state index contributed by atoms with van der Waals surface area (Å²) >= 11 is 5.82. The van der Waals surface area contributed by atoms with Crippen LogP contribution in [0, 0.1) is 0 Å². The van der Waals surface area contributed by atoms with Crippen LogP contribution in [-0.2, 0) is 19.6 Å². The predicted octanol–water partition coefficient (Wildman–Crippen LogP) is 0.886. The molecule has 1 heterocycles. The van der Waals surface area contributed by atoms with Crippen LogP contribution in [0.15, 0.2) is 29.2 Å². The van der Waals surface area contributed by atoms with Crippen LogP contribution >= 0.6 is 11.6 Å². The number of nitrogens with zero attached hydrogens (tertiary/aromatic N) is 1. The van der Waals surface area contributed by atoms with Crippen LogP contribution in [0.1, 0.15) is 0 Å². The van der Waals surface area contributed by atoms with E-state index in [1.807, 2.05) is 0 Å². The smallest absolute Gasteiger partial charge is 0.325 e. The quantitative estimate of drug-likeness (QED) is 0.607. The zero-order valence-electron chi connectivity index (χ0n) is 8.96. The summed E-state index contributed by atoms with van der Waals surface area (Å²) in [6.07, 6.45) is 0. The Balaban J connectivity index is 2.29. The molecule has 17 heavy (non-hydrogen) atoms. The van der Waals surface area contributed by atoms with Crippen molar-refractivity contribution in [3.63, 3.8) is 0 Å². The fraction of sp³-hybridized carbons (Fsp3) is 0.300. The van der Waals surface area contributed by atoms with E-state index in [0.717, 1.165) is 4.31 Å². The molecule has 1 saturated heterocycles. The Hall–Kier alpha value is -1.11. The molecule has 1 aromatic carbocycles. The summed E-state index contributed by atoms with van der Waals surface area (Å²) in [5, 5.41) is 0.142. The first-order chi connectivity index (χ1) is 7.98. The van der Waals surface area contributed by atoms with Gasteiger partial charge in [0.1, 0.15) is 10.9 Å². The summed E-state index contributed by atoms with van der Waals surface area (Å²) in [6, 6.07) is 5.40. The topological polar surface area (TPSA) is 63.5 Å². The number of hydrogen-bond acceptors (Lipinski definition) is 4. The molecule has 5 nitrogen and oxygen atoms in total. The van der Waals surface area contributed by atoms with Crippen LogP contribution in [0.4, 0.5) is 0 Å². The molecular weight excluding hydrogens is 266 g/mol. The molecule has 0 aromatic heterocycles. The van der Waals surface area contributed by atoms with Crippen LogP contribution in [0.5, 0.6) is 0 Å². The lowest BCUT2D eigenvalue weighted by molar-refractivity contribution is -0.140. The van der Waals surface area contributed by atoms with Crippen molar-refractivity contribution in [3.05, 3.63) is 29.3 Å². The molecule has 0 bridgehead atoms. The summed E-state index contributed by atoms with van der Waals surface area (Å²) in [5.41, 5.74) is 0. The minimum absolute atomic E-state index is 0.00747. The number of esters is 1. The second-order valence-electron chi connectivity index (χ2n) is 3.54. The fourth-order valence-electron chi connectivity index (χ4n) is 1.50.